The number of hydrogen-bond donors (Lipinski definition) is 4. The molecule has 110 valence electrons. The third-order valence-corrected chi connectivity index (χ3v) is 2.86. The van der Waals surface area contributed by atoms with Gasteiger partial charge in [-0.1, -0.05) is 0 Å². The van der Waals surface area contributed by atoms with Gasteiger partial charge in [-0.05, 0) is 0 Å². The lowest BCUT2D eigenvalue weighted by molar-refractivity contribution is -0.255. The number of aliphatic hydroxyl groups excluding tert-OH is 2. The second-order valence-corrected chi connectivity index (χ2v) is 4.42. The number of nitrogens with one attached hydrogen (secondary N) is 2. The summed E-state index contributed by atoms with van der Waals surface area (Å²) in [4.78, 5) is 21.9. The summed E-state index contributed by atoms with van der Waals surface area (Å²) in [6.45, 7) is 2.66. The highest BCUT2D eigenvalue weighted by atomic mass is 16.7. The van der Waals surface area contributed by atoms with Crippen molar-refractivity contribution in [1.82, 2.24) is 10.6 Å². The fourth-order valence-electron chi connectivity index (χ4n) is 1.93. The van der Waals surface area contributed by atoms with Gasteiger partial charge in [0, 0.05) is 27.5 Å². The SMILES string of the molecule is COC1OC(CNC(C)=O)C(O)C(O)C1NC(C)=O. The summed E-state index contributed by atoms with van der Waals surface area (Å²) >= 11 is 0. The fourth-order valence-corrected chi connectivity index (χ4v) is 1.93. The van der Waals surface area contributed by atoms with Crippen molar-refractivity contribution in [2.45, 2.75) is 44.5 Å². The van der Waals surface area contributed by atoms with Crippen LogP contribution < -0.4 is 10.6 Å². The monoisotopic (exact) mass is 276 g/mol. The van der Waals surface area contributed by atoms with E-state index in [-0.39, 0.29) is 18.4 Å². The minimum Gasteiger partial charge on any atom is -0.388 e. The van der Waals surface area contributed by atoms with Crippen molar-refractivity contribution in [3.8, 4) is 0 Å². The number of rotatable bonds is 4. The van der Waals surface area contributed by atoms with Crippen molar-refractivity contribution in [1.29, 1.82) is 0 Å². The van der Waals surface area contributed by atoms with E-state index >= 15 is 0 Å². The summed E-state index contributed by atoms with van der Waals surface area (Å²) in [7, 11) is 1.36. The molecule has 0 aliphatic carbocycles. The van der Waals surface area contributed by atoms with E-state index in [2.05, 4.69) is 10.6 Å². The van der Waals surface area contributed by atoms with E-state index in [0.29, 0.717) is 0 Å². The molecule has 1 aliphatic heterocycles. The first-order chi connectivity index (χ1) is 8.86. The van der Waals surface area contributed by atoms with Gasteiger partial charge in [0.25, 0.3) is 0 Å². The zero-order chi connectivity index (χ0) is 14.6. The van der Waals surface area contributed by atoms with Gasteiger partial charge in [0.2, 0.25) is 11.8 Å². The molecule has 2 amide bonds. The van der Waals surface area contributed by atoms with Gasteiger partial charge in [-0.15, -0.1) is 0 Å². The van der Waals surface area contributed by atoms with Crippen LogP contribution in [0.4, 0.5) is 0 Å². The standard InChI is InChI=1S/C11H20N2O6/c1-5(14)12-4-7-9(16)10(17)8(13-6(2)15)11(18-3)19-7/h7-11,16-17H,4H2,1-3H3,(H,12,14)(H,13,15). The largest absolute Gasteiger partial charge is 0.388 e. The lowest BCUT2D eigenvalue weighted by atomic mass is 9.96. The summed E-state index contributed by atoms with van der Waals surface area (Å²) in [6.07, 6.45) is -4.20. The molecule has 0 radical (unpaired) electrons. The molecule has 4 N–H and O–H groups in total. The van der Waals surface area contributed by atoms with Crippen LogP contribution in [0.25, 0.3) is 0 Å². The van der Waals surface area contributed by atoms with Crippen LogP contribution in [0.5, 0.6) is 0 Å². The van der Waals surface area contributed by atoms with E-state index in [1.54, 1.807) is 0 Å². The Balaban J connectivity index is 2.72. The lowest BCUT2D eigenvalue weighted by Crippen LogP contribution is -2.65. The summed E-state index contributed by atoms with van der Waals surface area (Å²) in [5, 5.41) is 24.9. The Labute approximate surface area is 111 Å². The van der Waals surface area contributed by atoms with Gasteiger partial charge in [0.15, 0.2) is 6.29 Å². The second-order valence-electron chi connectivity index (χ2n) is 4.42. The Morgan fingerprint density at radius 2 is 1.84 bits per heavy atom. The Kier molecular flexibility index (Phi) is 5.67. The van der Waals surface area contributed by atoms with Crippen LogP contribution in [0.15, 0.2) is 0 Å². The average Bonchev–Trinajstić information content (AvgIpc) is 2.33. The van der Waals surface area contributed by atoms with E-state index in [1.807, 2.05) is 0 Å². The number of carbonyl (C=O) groups is 2. The first-order valence-electron chi connectivity index (χ1n) is 5.92. The van der Waals surface area contributed by atoms with Gasteiger partial charge < -0.3 is 30.3 Å². The summed E-state index contributed by atoms with van der Waals surface area (Å²) in [6, 6.07) is -0.869. The molecule has 8 heteroatoms. The maximum absolute atomic E-state index is 11.1. The van der Waals surface area contributed by atoms with E-state index in [9.17, 15) is 19.8 Å². The topological polar surface area (TPSA) is 117 Å². The van der Waals surface area contributed by atoms with Crippen LogP contribution in [0.1, 0.15) is 13.8 Å². The van der Waals surface area contributed by atoms with Gasteiger partial charge >= 0.3 is 0 Å². The molecular weight excluding hydrogens is 256 g/mol. The smallest absolute Gasteiger partial charge is 0.217 e. The molecular formula is C11H20N2O6. The van der Waals surface area contributed by atoms with Crippen molar-refractivity contribution < 1.29 is 29.3 Å². The Morgan fingerprint density at radius 3 is 2.32 bits per heavy atom. The Morgan fingerprint density at radius 1 is 1.21 bits per heavy atom. The maximum Gasteiger partial charge on any atom is 0.217 e. The van der Waals surface area contributed by atoms with Crippen molar-refractivity contribution in [2.75, 3.05) is 13.7 Å². The molecule has 8 nitrogen and oxygen atoms in total. The second kappa shape index (κ2) is 6.80. The molecule has 1 saturated heterocycles. The number of aliphatic hydroxyl groups is 2. The molecule has 1 rings (SSSR count). The molecule has 19 heavy (non-hydrogen) atoms. The minimum atomic E-state index is -1.25. The van der Waals surface area contributed by atoms with Gasteiger partial charge in [0.05, 0.1) is 0 Å². The van der Waals surface area contributed by atoms with Crippen LogP contribution in [-0.2, 0) is 19.1 Å². The third kappa shape index (κ3) is 4.13. The van der Waals surface area contributed by atoms with Crippen LogP contribution in [0.3, 0.4) is 0 Å². The summed E-state index contributed by atoms with van der Waals surface area (Å²) in [5.74, 6) is -0.648. The summed E-state index contributed by atoms with van der Waals surface area (Å²) in [5.41, 5.74) is 0. The van der Waals surface area contributed by atoms with Crippen LogP contribution in [-0.4, -0.2) is 66.3 Å². The predicted molar refractivity (Wildman–Crippen MR) is 64.0 cm³/mol. The third-order valence-electron chi connectivity index (χ3n) is 2.86. The van der Waals surface area contributed by atoms with Crippen molar-refractivity contribution in [3.05, 3.63) is 0 Å². The molecule has 0 bridgehead atoms. The molecule has 5 atom stereocenters. The molecule has 1 heterocycles. The molecule has 0 aromatic carbocycles. The molecule has 5 unspecified atom stereocenters. The normalized spacial score (nSPS) is 34.7. The number of ether oxygens (including phenoxy) is 2. The van der Waals surface area contributed by atoms with Crippen LogP contribution >= 0.6 is 0 Å². The van der Waals surface area contributed by atoms with Crippen LogP contribution in [0, 0.1) is 0 Å². The van der Waals surface area contributed by atoms with Crippen molar-refractivity contribution in [2.24, 2.45) is 0 Å². The van der Waals surface area contributed by atoms with Gasteiger partial charge in [-0.2, -0.15) is 0 Å². The maximum atomic E-state index is 11.1. The zero-order valence-electron chi connectivity index (χ0n) is 11.1. The lowest BCUT2D eigenvalue weighted by Gasteiger charge is -2.42. The first kappa shape index (κ1) is 15.8. The van der Waals surface area contributed by atoms with E-state index in [0.717, 1.165) is 0 Å². The quantitative estimate of drug-likeness (QED) is 0.459. The molecule has 0 spiro atoms. The first-order valence-corrected chi connectivity index (χ1v) is 5.92. The van der Waals surface area contributed by atoms with Gasteiger partial charge in [-0.25, -0.2) is 0 Å². The number of carbonyl (C=O) groups excluding carboxylic acids is 2. The number of hydrogen-bond acceptors (Lipinski definition) is 6. The highest BCUT2D eigenvalue weighted by molar-refractivity contribution is 5.73. The highest BCUT2D eigenvalue weighted by Gasteiger charge is 2.45. The van der Waals surface area contributed by atoms with Crippen LogP contribution in [0.2, 0.25) is 0 Å². The van der Waals surface area contributed by atoms with Gasteiger partial charge in [-0.3, -0.25) is 9.59 Å². The number of amides is 2. The minimum absolute atomic E-state index is 0.0419. The number of methoxy groups -OCH3 is 1. The average molecular weight is 276 g/mol. The van der Waals surface area contributed by atoms with Crippen molar-refractivity contribution >= 4 is 11.8 Å². The van der Waals surface area contributed by atoms with E-state index in [4.69, 9.17) is 9.47 Å². The molecule has 0 aromatic heterocycles. The fraction of sp³-hybridized carbons (Fsp3) is 0.818. The zero-order valence-corrected chi connectivity index (χ0v) is 11.1. The van der Waals surface area contributed by atoms with Gasteiger partial charge in [0.1, 0.15) is 24.4 Å². The molecule has 0 saturated carbocycles. The molecule has 0 aromatic rings. The molecule has 1 fully saturated rings. The predicted octanol–water partition coefficient (Wildman–Crippen LogP) is -2.28. The van der Waals surface area contributed by atoms with E-state index in [1.165, 1.54) is 21.0 Å². The van der Waals surface area contributed by atoms with E-state index < -0.39 is 30.6 Å². The summed E-state index contributed by atoms with van der Waals surface area (Å²) < 4.78 is 10.5. The van der Waals surface area contributed by atoms with Crippen molar-refractivity contribution in [3.63, 3.8) is 0 Å². The molecule has 1 aliphatic rings. The Hall–Kier alpha value is -1.22. The Bertz CT molecular complexity index is 333. The highest BCUT2D eigenvalue weighted by Crippen LogP contribution is 2.21.